The Bertz CT molecular complexity index is 1050. The summed E-state index contributed by atoms with van der Waals surface area (Å²) in [5, 5.41) is 4.41. The molecule has 1 aliphatic rings. The molecule has 4 rings (SSSR count). The van der Waals surface area contributed by atoms with Gasteiger partial charge in [0.2, 0.25) is 0 Å². The van der Waals surface area contributed by atoms with Gasteiger partial charge in [0.15, 0.2) is 11.6 Å². The van der Waals surface area contributed by atoms with Gasteiger partial charge in [-0.2, -0.15) is 0 Å². The lowest BCUT2D eigenvalue weighted by molar-refractivity contribution is -0.113. The summed E-state index contributed by atoms with van der Waals surface area (Å²) in [5.74, 6) is -0.259. The van der Waals surface area contributed by atoms with E-state index >= 15 is 0 Å². The van der Waals surface area contributed by atoms with Crippen LogP contribution in [0, 0.1) is 6.92 Å². The molecule has 0 fully saturated rings. The van der Waals surface area contributed by atoms with Gasteiger partial charge in [0.25, 0.3) is 0 Å². The van der Waals surface area contributed by atoms with Gasteiger partial charge in [-0.05, 0) is 57.8 Å². The van der Waals surface area contributed by atoms with Gasteiger partial charge >= 0.3 is 0 Å². The molecular formula is C21H14O2. The van der Waals surface area contributed by atoms with Crippen molar-refractivity contribution in [2.45, 2.75) is 6.92 Å². The second kappa shape index (κ2) is 5.03. The minimum absolute atomic E-state index is 0.117. The fraction of sp³-hybridized carbons (Fsp3) is 0.0476. The van der Waals surface area contributed by atoms with Crippen molar-refractivity contribution in [3.8, 4) is 0 Å². The van der Waals surface area contributed by atoms with Crippen LogP contribution in [0.15, 0.2) is 66.8 Å². The fourth-order valence-electron chi connectivity index (χ4n) is 3.26. The van der Waals surface area contributed by atoms with Crippen LogP contribution >= 0.6 is 0 Å². The number of benzene rings is 3. The van der Waals surface area contributed by atoms with Crippen LogP contribution in [0.25, 0.3) is 27.1 Å². The predicted molar refractivity (Wildman–Crippen MR) is 93.3 cm³/mol. The van der Waals surface area contributed by atoms with Gasteiger partial charge in [0.05, 0.1) is 0 Å². The van der Waals surface area contributed by atoms with Crippen LogP contribution in [-0.4, -0.2) is 11.6 Å². The van der Waals surface area contributed by atoms with E-state index in [4.69, 9.17) is 0 Å². The Morgan fingerprint density at radius 3 is 2.39 bits per heavy atom. The van der Waals surface area contributed by atoms with Crippen LogP contribution < -0.4 is 0 Å². The average molecular weight is 298 g/mol. The molecule has 1 aliphatic carbocycles. The smallest absolute Gasteiger partial charge is 0.186 e. The van der Waals surface area contributed by atoms with E-state index in [1.54, 1.807) is 0 Å². The second-order valence-corrected chi connectivity index (χ2v) is 5.80. The Hall–Kier alpha value is -3.00. The molecule has 3 aromatic carbocycles. The van der Waals surface area contributed by atoms with E-state index in [1.165, 1.54) is 18.2 Å². The van der Waals surface area contributed by atoms with Crippen LogP contribution in [0.5, 0.6) is 0 Å². The molecule has 3 aromatic rings. The van der Waals surface area contributed by atoms with Crippen molar-refractivity contribution in [2.75, 3.05) is 0 Å². The zero-order chi connectivity index (χ0) is 16.0. The summed E-state index contributed by atoms with van der Waals surface area (Å²) >= 11 is 0. The number of ketones is 2. The number of rotatable bonds is 1. The molecule has 2 heteroatoms. The van der Waals surface area contributed by atoms with Crippen molar-refractivity contribution < 1.29 is 9.59 Å². The number of aryl methyl sites for hydroxylation is 1. The molecule has 0 heterocycles. The maximum atomic E-state index is 12.3. The van der Waals surface area contributed by atoms with Crippen molar-refractivity contribution in [1.82, 2.24) is 0 Å². The van der Waals surface area contributed by atoms with Crippen LogP contribution in [-0.2, 0) is 9.59 Å². The number of fused-ring (bicyclic) bond motifs is 3. The van der Waals surface area contributed by atoms with Crippen molar-refractivity contribution >= 4 is 38.7 Å². The lowest BCUT2D eigenvalue weighted by Crippen LogP contribution is -2.08. The van der Waals surface area contributed by atoms with Crippen LogP contribution in [0.2, 0.25) is 0 Å². The molecule has 110 valence electrons. The first-order chi connectivity index (χ1) is 11.1. The lowest BCUT2D eigenvalue weighted by Gasteiger charge is -2.15. The molecule has 0 aromatic heterocycles. The van der Waals surface area contributed by atoms with Crippen molar-refractivity contribution in [2.24, 2.45) is 0 Å². The molecule has 0 spiro atoms. The topological polar surface area (TPSA) is 34.1 Å². The zero-order valence-corrected chi connectivity index (χ0v) is 12.7. The molecule has 0 radical (unpaired) electrons. The molecular weight excluding hydrogens is 284 g/mol. The molecule has 23 heavy (non-hydrogen) atoms. The summed E-state index contributed by atoms with van der Waals surface area (Å²) in [5.41, 5.74) is 2.34. The van der Waals surface area contributed by atoms with Crippen molar-refractivity contribution in [3.05, 3.63) is 77.9 Å². The predicted octanol–water partition coefficient (Wildman–Crippen LogP) is 4.39. The Kier molecular flexibility index (Phi) is 2.98. The van der Waals surface area contributed by atoms with E-state index in [0.29, 0.717) is 5.57 Å². The summed E-state index contributed by atoms with van der Waals surface area (Å²) < 4.78 is 0. The largest absolute Gasteiger partial charge is 0.290 e. The third-order valence-corrected chi connectivity index (χ3v) is 4.35. The standard InChI is InChI=1S/C21H14O2/c1-13-6-9-17-16-5-3-2-4-14(16)7-10-18(17)21(13)19-12-15(22)8-11-20(19)23/h2-12H,1H3. The van der Waals surface area contributed by atoms with E-state index < -0.39 is 0 Å². The molecule has 0 unspecified atom stereocenters. The highest BCUT2D eigenvalue weighted by Gasteiger charge is 2.19. The molecule has 0 aliphatic heterocycles. The first kappa shape index (κ1) is 13.6. The van der Waals surface area contributed by atoms with Gasteiger partial charge in [-0.15, -0.1) is 0 Å². The third-order valence-electron chi connectivity index (χ3n) is 4.35. The summed E-state index contributed by atoms with van der Waals surface area (Å²) in [4.78, 5) is 24.0. The second-order valence-electron chi connectivity index (χ2n) is 5.80. The van der Waals surface area contributed by atoms with E-state index in [1.807, 2.05) is 31.2 Å². The van der Waals surface area contributed by atoms with Crippen LogP contribution in [0.4, 0.5) is 0 Å². The fourth-order valence-corrected chi connectivity index (χ4v) is 3.26. The summed E-state index contributed by atoms with van der Waals surface area (Å²) in [6.45, 7) is 1.97. The van der Waals surface area contributed by atoms with Crippen LogP contribution in [0.3, 0.4) is 0 Å². The van der Waals surface area contributed by atoms with E-state index in [-0.39, 0.29) is 11.6 Å². The summed E-state index contributed by atoms with van der Waals surface area (Å²) in [6, 6.07) is 16.4. The third kappa shape index (κ3) is 2.11. The highest BCUT2D eigenvalue weighted by molar-refractivity contribution is 6.36. The maximum Gasteiger partial charge on any atom is 0.186 e. The van der Waals surface area contributed by atoms with Gasteiger partial charge in [0.1, 0.15) is 0 Å². The van der Waals surface area contributed by atoms with Gasteiger partial charge in [-0.3, -0.25) is 9.59 Å². The van der Waals surface area contributed by atoms with E-state index in [0.717, 1.165) is 32.7 Å². The van der Waals surface area contributed by atoms with Gasteiger partial charge in [-0.25, -0.2) is 0 Å². The normalized spacial score (nSPS) is 14.6. The molecule has 2 nitrogen and oxygen atoms in total. The molecule has 0 bridgehead atoms. The first-order valence-corrected chi connectivity index (χ1v) is 7.54. The molecule has 0 N–H and O–H groups in total. The first-order valence-electron chi connectivity index (χ1n) is 7.54. The number of hydrogen-bond donors (Lipinski definition) is 0. The summed E-state index contributed by atoms with van der Waals surface area (Å²) in [7, 11) is 0. The SMILES string of the molecule is Cc1ccc2c(ccc3ccccc32)c1C1=CC(=O)C=CC1=O. The zero-order valence-electron chi connectivity index (χ0n) is 12.7. The number of carbonyl (C=O) groups is 2. The van der Waals surface area contributed by atoms with Gasteiger partial charge in [-0.1, -0.05) is 48.5 Å². The summed E-state index contributed by atoms with van der Waals surface area (Å²) in [6.07, 6.45) is 4.12. The monoisotopic (exact) mass is 298 g/mol. The minimum Gasteiger partial charge on any atom is -0.290 e. The van der Waals surface area contributed by atoms with Crippen molar-refractivity contribution in [3.63, 3.8) is 0 Å². The Morgan fingerprint density at radius 1 is 0.739 bits per heavy atom. The van der Waals surface area contributed by atoms with Crippen molar-refractivity contribution in [1.29, 1.82) is 0 Å². The molecule has 0 saturated carbocycles. The van der Waals surface area contributed by atoms with Gasteiger partial charge in [0, 0.05) is 5.57 Å². The minimum atomic E-state index is -0.142. The molecule has 0 atom stereocenters. The quantitative estimate of drug-likeness (QED) is 0.493. The number of allylic oxidation sites excluding steroid dienone is 4. The Balaban J connectivity index is 2.11. The van der Waals surface area contributed by atoms with Crippen LogP contribution in [0.1, 0.15) is 11.1 Å². The molecule has 0 amide bonds. The molecule has 0 saturated heterocycles. The maximum absolute atomic E-state index is 12.3. The van der Waals surface area contributed by atoms with E-state index in [2.05, 4.69) is 24.3 Å². The highest BCUT2D eigenvalue weighted by Crippen LogP contribution is 2.34. The van der Waals surface area contributed by atoms with E-state index in [9.17, 15) is 9.59 Å². The number of hydrogen-bond acceptors (Lipinski definition) is 2. The average Bonchev–Trinajstić information content (AvgIpc) is 2.57. The van der Waals surface area contributed by atoms with Gasteiger partial charge < -0.3 is 0 Å². The highest BCUT2D eigenvalue weighted by atomic mass is 16.1. The lowest BCUT2D eigenvalue weighted by atomic mass is 9.87. The number of carbonyl (C=O) groups excluding carboxylic acids is 2. The Labute approximate surface area is 133 Å². The Morgan fingerprint density at radius 2 is 1.52 bits per heavy atom.